The second-order valence-corrected chi connectivity index (χ2v) is 5.55. The standard InChI is InChI=1S/C14H21N3/c1-10-4-2-5-11(10)8-15-14-12-6-3-7-13(12)16-9-17-14/h9-11H,2-8H2,1H3,(H,15,16,17). The highest BCUT2D eigenvalue weighted by molar-refractivity contribution is 5.47. The van der Waals surface area contributed by atoms with Gasteiger partial charge in [0.05, 0.1) is 0 Å². The summed E-state index contributed by atoms with van der Waals surface area (Å²) in [5.74, 6) is 2.81. The third-order valence-corrected chi connectivity index (χ3v) is 4.45. The first-order valence-corrected chi connectivity index (χ1v) is 6.91. The minimum Gasteiger partial charge on any atom is -0.369 e. The van der Waals surface area contributed by atoms with Crippen LogP contribution in [0.25, 0.3) is 0 Å². The molecule has 0 spiro atoms. The van der Waals surface area contributed by atoms with Crippen LogP contribution in [0.3, 0.4) is 0 Å². The van der Waals surface area contributed by atoms with E-state index in [1.54, 1.807) is 6.33 Å². The molecule has 1 fully saturated rings. The molecule has 0 aliphatic heterocycles. The molecule has 2 aliphatic rings. The highest BCUT2D eigenvalue weighted by Gasteiger charge is 2.24. The minimum atomic E-state index is 0.835. The number of aromatic nitrogens is 2. The van der Waals surface area contributed by atoms with Crippen molar-refractivity contribution in [2.75, 3.05) is 11.9 Å². The van der Waals surface area contributed by atoms with Gasteiger partial charge in [0, 0.05) is 17.8 Å². The zero-order valence-corrected chi connectivity index (χ0v) is 10.6. The molecule has 3 rings (SSSR count). The molecule has 0 amide bonds. The second kappa shape index (κ2) is 4.63. The Balaban J connectivity index is 1.67. The molecule has 0 aromatic carbocycles. The number of hydrogen-bond acceptors (Lipinski definition) is 3. The van der Waals surface area contributed by atoms with Crippen molar-refractivity contribution in [3.63, 3.8) is 0 Å². The van der Waals surface area contributed by atoms with Gasteiger partial charge in [-0.2, -0.15) is 0 Å². The number of nitrogens with one attached hydrogen (secondary N) is 1. The fraction of sp³-hybridized carbons (Fsp3) is 0.714. The first kappa shape index (κ1) is 11.0. The van der Waals surface area contributed by atoms with Gasteiger partial charge in [-0.05, 0) is 37.5 Å². The molecule has 3 heteroatoms. The number of fused-ring (bicyclic) bond motifs is 1. The van der Waals surface area contributed by atoms with Crippen LogP contribution in [0.1, 0.15) is 43.9 Å². The SMILES string of the molecule is CC1CCCC1CNc1ncnc2c1CCC2. The van der Waals surface area contributed by atoms with Gasteiger partial charge in [0.1, 0.15) is 12.1 Å². The molecule has 1 aromatic heterocycles. The molecule has 2 aliphatic carbocycles. The van der Waals surface area contributed by atoms with Crippen LogP contribution in [0.5, 0.6) is 0 Å². The number of anilines is 1. The van der Waals surface area contributed by atoms with Crippen molar-refractivity contribution in [2.24, 2.45) is 11.8 Å². The molecule has 1 heterocycles. The van der Waals surface area contributed by atoms with Crippen LogP contribution in [-0.2, 0) is 12.8 Å². The van der Waals surface area contributed by atoms with E-state index in [1.165, 1.54) is 36.9 Å². The van der Waals surface area contributed by atoms with Crippen LogP contribution in [-0.4, -0.2) is 16.5 Å². The monoisotopic (exact) mass is 231 g/mol. The summed E-state index contributed by atoms with van der Waals surface area (Å²) in [5.41, 5.74) is 2.64. The molecular formula is C14H21N3. The Morgan fingerprint density at radius 1 is 1.24 bits per heavy atom. The van der Waals surface area contributed by atoms with E-state index in [-0.39, 0.29) is 0 Å². The van der Waals surface area contributed by atoms with E-state index in [0.717, 1.165) is 37.0 Å². The summed E-state index contributed by atoms with van der Waals surface area (Å²) < 4.78 is 0. The van der Waals surface area contributed by atoms with E-state index in [0.29, 0.717) is 0 Å². The van der Waals surface area contributed by atoms with Gasteiger partial charge in [0.2, 0.25) is 0 Å². The predicted octanol–water partition coefficient (Wildman–Crippen LogP) is 2.81. The van der Waals surface area contributed by atoms with Gasteiger partial charge in [0.25, 0.3) is 0 Å². The van der Waals surface area contributed by atoms with Gasteiger partial charge < -0.3 is 5.32 Å². The zero-order valence-electron chi connectivity index (χ0n) is 10.6. The third-order valence-electron chi connectivity index (χ3n) is 4.45. The van der Waals surface area contributed by atoms with E-state index >= 15 is 0 Å². The van der Waals surface area contributed by atoms with Crippen molar-refractivity contribution < 1.29 is 0 Å². The predicted molar refractivity (Wildman–Crippen MR) is 69.1 cm³/mol. The Labute approximate surface area is 103 Å². The summed E-state index contributed by atoms with van der Waals surface area (Å²) in [6.45, 7) is 3.47. The maximum atomic E-state index is 4.41. The molecule has 1 N–H and O–H groups in total. The van der Waals surface area contributed by atoms with Crippen molar-refractivity contribution in [1.82, 2.24) is 9.97 Å². The van der Waals surface area contributed by atoms with Gasteiger partial charge in [-0.3, -0.25) is 0 Å². The fourth-order valence-corrected chi connectivity index (χ4v) is 3.27. The molecule has 1 saturated carbocycles. The van der Waals surface area contributed by atoms with Gasteiger partial charge in [-0.25, -0.2) is 9.97 Å². The minimum absolute atomic E-state index is 0.835. The maximum Gasteiger partial charge on any atom is 0.132 e. The fourth-order valence-electron chi connectivity index (χ4n) is 3.27. The summed E-state index contributed by atoms with van der Waals surface area (Å²) in [6.07, 6.45) is 9.41. The molecule has 92 valence electrons. The number of nitrogens with zero attached hydrogens (tertiary/aromatic N) is 2. The summed E-state index contributed by atoms with van der Waals surface area (Å²) >= 11 is 0. The topological polar surface area (TPSA) is 37.8 Å². The largest absolute Gasteiger partial charge is 0.369 e. The Hall–Kier alpha value is -1.12. The quantitative estimate of drug-likeness (QED) is 0.869. The zero-order chi connectivity index (χ0) is 11.7. The lowest BCUT2D eigenvalue weighted by atomic mass is 9.98. The third kappa shape index (κ3) is 2.15. The Morgan fingerprint density at radius 2 is 2.18 bits per heavy atom. The van der Waals surface area contributed by atoms with Gasteiger partial charge in [-0.15, -0.1) is 0 Å². The van der Waals surface area contributed by atoms with Crippen LogP contribution in [0.2, 0.25) is 0 Å². The average Bonchev–Trinajstić information content (AvgIpc) is 2.95. The van der Waals surface area contributed by atoms with E-state index in [2.05, 4.69) is 22.2 Å². The Morgan fingerprint density at radius 3 is 3.00 bits per heavy atom. The van der Waals surface area contributed by atoms with Crippen molar-refractivity contribution in [3.05, 3.63) is 17.6 Å². The summed E-state index contributed by atoms with van der Waals surface area (Å²) in [5, 5.41) is 3.57. The van der Waals surface area contributed by atoms with Crippen LogP contribution in [0, 0.1) is 11.8 Å². The molecule has 1 aromatic rings. The van der Waals surface area contributed by atoms with Gasteiger partial charge in [0.15, 0.2) is 0 Å². The maximum absolute atomic E-state index is 4.41. The summed E-state index contributed by atoms with van der Waals surface area (Å²) in [7, 11) is 0. The normalized spacial score (nSPS) is 27.1. The summed E-state index contributed by atoms with van der Waals surface area (Å²) in [4.78, 5) is 8.78. The van der Waals surface area contributed by atoms with Crippen molar-refractivity contribution in [1.29, 1.82) is 0 Å². The Bertz CT molecular complexity index is 402. The van der Waals surface area contributed by atoms with Crippen LogP contribution >= 0.6 is 0 Å². The lowest BCUT2D eigenvalue weighted by Gasteiger charge is -2.17. The molecule has 2 atom stereocenters. The molecular weight excluding hydrogens is 210 g/mol. The molecule has 2 unspecified atom stereocenters. The summed E-state index contributed by atoms with van der Waals surface area (Å²) in [6, 6.07) is 0. The van der Waals surface area contributed by atoms with Crippen molar-refractivity contribution in [2.45, 2.75) is 45.4 Å². The number of aryl methyl sites for hydroxylation is 1. The number of rotatable bonds is 3. The van der Waals surface area contributed by atoms with Gasteiger partial charge in [-0.1, -0.05) is 19.8 Å². The van der Waals surface area contributed by atoms with E-state index < -0.39 is 0 Å². The molecule has 0 bridgehead atoms. The lowest BCUT2D eigenvalue weighted by molar-refractivity contribution is 0.439. The van der Waals surface area contributed by atoms with E-state index in [4.69, 9.17) is 0 Å². The lowest BCUT2D eigenvalue weighted by Crippen LogP contribution is -2.18. The number of hydrogen-bond donors (Lipinski definition) is 1. The van der Waals surface area contributed by atoms with Gasteiger partial charge >= 0.3 is 0 Å². The van der Waals surface area contributed by atoms with Crippen molar-refractivity contribution >= 4 is 5.82 Å². The first-order chi connectivity index (χ1) is 8.34. The Kier molecular flexibility index (Phi) is 3.00. The van der Waals surface area contributed by atoms with Crippen molar-refractivity contribution in [3.8, 4) is 0 Å². The average molecular weight is 231 g/mol. The molecule has 17 heavy (non-hydrogen) atoms. The van der Waals surface area contributed by atoms with Crippen LogP contribution in [0.15, 0.2) is 6.33 Å². The van der Waals surface area contributed by atoms with E-state index in [1.807, 2.05) is 0 Å². The molecule has 3 nitrogen and oxygen atoms in total. The highest BCUT2D eigenvalue weighted by Crippen LogP contribution is 2.32. The highest BCUT2D eigenvalue weighted by atomic mass is 15.0. The van der Waals surface area contributed by atoms with E-state index in [9.17, 15) is 0 Å². The smallest absolute Gasteiger partial charge is 0.132 e. The van der Waals surface area contributed by atoms with Crippen LogP contribution in [0.4, 0.5) is 5.82 Å². The molecule has 0 radical (unpaired) electrons. The second-order valence-electron chi connectivity index (χ2n) is 5.55. The molecule has 0 saturated heterocycles. The first-order valence-electron chi connectivity index (χ1n) is 6.91. The van der Waals surface area contributed by atoms with Crippen LogP contribution < -0.4 is 5.32 Å².